The molecular weight excluding hydrogens is 234 g/mol. The fraction of sp³-hybridized carbons (Fsp3) is 0.167. The van der Waals surface area contributed by atoms with Crippen LogP contribution in [0.5, 0.6) is 0 Å². The molecule has 88 valence electrons. The zero-order valence-electron chi connectivity index (χ0n) is 9.42. The number of carbonyl (C=O) groups excluding carboxylic acids is 1. The average molecular weight is 247 g/mol. The van der Waals surface area contributed by atoms with Crippen molar-refractivity contribution in [2.75, 3.05) is 6.54 Å². The minimum absolute atomic E-state index is 0.0595. The average Bonchev–Trinajstić information content (AvgIpc) is 2.76. The summed E-state index contributed by atoms with van der Waals surface area (Å²) >= 11 is 4.23. The molecule has 0 spiro atoms. The Balaban J connectivity index is 2.25. The van der Waals surface area contributed by atoms with Crippen LogP contribution in [0.15, 0.2) is 41.8 Å². The minimum atomic E-state index is -0.0595. The van der Waals surface area contributed by atoms with Crippen LogP contribution in [0.3, 0.4) is 0 Å². The molecule has 1 aromatic heterocycles. The lowest BCUT2D eigenvalue weighted by atomic mass is 10.2. The zero-order valence-corrected chi connectivity index (χ0v) is 10.3. The van der Waals surface area contributed by atoms with Crippen LogP contribution >= 0.6 is 12.6 Å². The summed E-state index contributed by atoms with van der Waals surface area (Å²) in [5.41, 5.74) is 1.58. The van der Waals surface area contributed by atoms with Crippen LogP contribution in [0.2, 0.25) is 0 Å². The van der Waals surface area contributed by atoms with Crippen LogP contribution in [0.25, 0.3) is 5.69 Å². The normalized spacial score (nSPS) is 10.2. The quantitative estimate of drug-likeness (QED) is 0.814. The molecular formula is C12H13N3OS. The minimum Gasteiger partial charge on any atom is -0.352 e. The Bertz CT molecular complexity index is 519. The van der Waals surface area contributed by atoms with Gasteiger partial charge in [-0.1, -0.05) is 0 Å². The van der Waals surface area contributed by atoms with Crippen LogP contribution in [-0.4, -0.2) is 22.0 Å². The first kappa shape index (κ1) is 11.7. The maximum Gasteiger partial charge on any atom is 0.251 e. The monoisotopic (exact) mass is 247 g/mol. The Morgan fingerprint density at radius 2 is 2.12 bits per heavy atom. The summed E-state index contributed by atoms with van der Waals surface area (Å²) in [4.78, 5) is 15.6. The number of carbonyl (C=O) groups is 1. The second-order valence-corrected chi connectivity index (χ2v) is 3.90. The lowest BCUT2D eigenvalue weighted by Crippen LogP contribution is -2.22. The van der Waals surface area contributed by atoms with Gasteiger partial charge in [-0.3, -0.25) is 9.36 Å². The van der Waals surface area contributed by atoms with Crippen molar-refractivity contribution >= 4 is 18.5 Å². The van der Waals surface area contributed by atoms with Gasteiger partial charge in [0.05, 0.1) is 0 Å². The predicted octanol–water partition coefficient (Wildman–Crippen LogP) is 1.91. The first-order valence-electron chi connectivity index (χ1n) is 5.33. The van der Waals surface area contributed by atoms with E-state index in [4.69, 9.17) is 0 Å². The fourth-order valence-electron chi connectivity index (χ4n) is 1.53. The van der Waals surface area contributed by atoms with Crippen molar-refractivity contribution in [1.82, 2.24) is 14.9 Å². The first-order chi connectivity index (χ1) is 8.22. The molecule has 0 fully saturated rings. The van der Waals surface area contributed by atoms with Gasteiger partial charge >= 0.3 is 0 Å². The van der Waals surface area contributed by atoms with E-state index in [9.17, 15) is 4.79 Å². The Morgan fingerprint density at radius 1 is 1.41 bits per heavy atom. The topological polar surface area (TPSA) is 46.9 Å². The van der Waals surface area contributed by atoms with Crippen molar-refractivity contribution in [2.24, 2.45) is 0 Å². The van der Waals surface area contributed by atoms with Crippen molar-refractivity contribution in [3.63, 3.8) is 0 Å². The van der Waals surface area contributed by atoms with E-state index in [2.05, 4.69) is 22.9 Å². The van der Waals surface area contributed by atoms with Gasteiger partial charge in [0.2, 0.25) is 0 Å². The van der Waals surface area contributed by atoms with E-state index in [0.717, 1.165) is 5.69 Å². The first-order valence-corrected chi connectivity index (χ1v) is 5.78. The number of thiol groups is 1. The molecule has 2 aromatic rings. The van der Waals surface area contributed by atoms with E-state index < -0.39 is 0 Å². The molecule has 1 aromatic carbocycles. The number of rotatable bonds is 3. The standard InChI is InChI=1S/C12H13N3OS/c1-2-13-11(16)9-3-5-10(6-4-9)15-8-7-14-12(15)17/h3-8H,2H2,1H3,(H,13,16)(H,14,17). The number of aromatic nitrogens is 2. The maximum absolute atomic E-state index is 11.6. The fourth-order valence-corrected chi connectivity index (χ4v) is 1.78. The van der Waals surface area contributed by atoms with Gasteiger partial charge in [0, 0.05) is 30.2 Å². The number of hydrogen-bond donors (Lipinski definition) is 2. The van der Waals surface area contributed by atoms with Crippen molar-refractivity contribution in [1.29, 1.82) is 0 Å². The van der Waals surface area contributed by atoms with Gasteiger partial charge in [-0.05, 0) is 31.2 Å². The lowest BCUT2D eigenvalue weighted by molar-refractivity contribution is 0.0956. The number of benzene rings is 1. The van der Waals surface area contributed by atoms with Crippen LogP contribution in [-0.2, 0) is 0 Å². The lowest BCUT2D eigenvalue weighted by Gasteiger charge is -2.06. The van der Waals surface area contributed by atoms with Crippen LogP contribution < -0.4 is 5.32 Å². The Kier molecular flexibility index (Phi) is 3.49. The number of amides is 1. The van der Waals surface area contributed by atoms with E-state index in [1.54, 1.807) is 18.3 Å². The zero-order chi connectivity index (χ0) is 12.3. The summed E-state index contributed by atoms with van der Waals surface area (Å²) in [6.07, 6.45) is 3.50. The Hall–Kier alpha value is -1.75. The van der Waals surface area contributed by atoms with Gasteiger partial charge in [0.25, 0.3) is 5.91 Å². The highest BCUT2D eigenvalue weighted by Crippen LogP contribution is 2.14. The molecule has 0 radical (unpaired) electrons. The molecule has 0 saturated carbocycles. The molecule has 0 aliphatic rings. The highest BCUT2D eigenvalue weighted by molar-refractivity contribution is 7.80. The molecule has 0 bridgehead atoms. The highest BCUT2D eigenvalue weighted by atomic mass is 32.1. The SMILES string of the molecule is CCNC(=O)c1ccc(-n2ccnc2S)cc1. The molecule has 0 saturated heterocycles. The largest absolute Gasteiger partial charge is 0.352 e. The molecule has 2 rings (SSSR count). The van der Waals surface area contributed by atoms with Crippen LogP contribution in [0, 0.1) is 0 Å². The summed E-state index contributed by atoms with van der Waals surface area (Å²) in [5, 5.41) is 3.38. The third-order valence-electron chi connectivity index (χ3n) is 2.37. The van der Waals surface area contributed by atoms with Gasteiger partial charge in [-0.15, -0.1) is 12.6 Å². The van der Waals surface area contributed by atoms with Crippen molar-refractivity contribution in [3.8, 4) is 5.69 Å². The molecule has 17 heavy (non-hydrogen) atoms. The summed E-state index contributed by atoms with van der Waals surface area (Å²) in [5.74, 6) is -0.0595. The summed E-state index contributed by atoms with van der Waals surface area (Å²) < 4.78 is 1.84. The molecule has 1 heterocycles. The van der Waals surface area contributed by atoms with E-state index in [0.29, 0.717) is 17.3 Å². The van der Waals surface area contributed by atoms with Crippen molar-refractivity contribution in [3.05, 3.63) is 42.2 Å². The summed E-state index contributed by atoms with van der Waals surface area (Å²) in [6.45, 7) is 2.52. The summed E-state index contributed by atoms with van der Waals surface area (Å²) in [6, 6.07) is 7.30. The third-order valence-corrected chi connectivity index (χ3v) is 2.70. The van der Waals surface area contributed by atoms with E-state index in [1.165, 1.54) is 0 Å². The van der Waals surface area contributed by atoms with Gasteiger partial charge < -0.3 is 5.32 Å². The van der Waals surface area contributed by atoms with Crippen molar-refractivity contribution < 1.29 is 4.79 Å². The third kappa shape index (κ3) is 2.50. The molecule has 4 nitrogen and oxygen atoms in total. The summed E-state index contributed by atoms with van der Waals surface area (Å²) in [7, 11) is 0. The number of nitrogens with zero attached hydrogens (tertiary/aromatic N) is 2. The van der Waals surface area contributed by atoms with Gasteiger partial charge in [0.1, 0.15) is 0 Å². The molecule has 0 unspecified atom stereocenters. The van der Waals surface area contributed by atoms with Gasteiger partial charge in [-0.2, -0.15) is 0 Å². The van der Waals surface area contributed by atoms with E-state index in [-0.39, 0.29) is 5.91 Å². The van der Waals surface area contributed by atoms with Gasteiger partial charge in [0.15, 0.2) is 5.16 Å². The molecule has 1 amide bonds. The molecule has 5 heteroatoms. The number of hydrogen-bond acceptors (Lipinski definition) is 3. The van der Waals surface area contributed by atoms with Gasteiger partial charge in [-0.25, -0.2) is 4.98 Å². The van der Waals surface area contributed by atoms with E-state index in [1.807, 2.05) is 29.8 Å². The molecule has 0 aliphatic heterocycles. The van der Waals surface area contributed by atoms with Crippen LogP contribution in [0.1, 0.15) is 17.3 Å². The second kappa shape index (κ2) is 5.05. The molecule has 1 N–H and O–H groups in total. The molecule has 0 aliphatic carbocycles. The molecule has 0 atom stereocenters. The Labute approximate surface area is 105 Å². The second-order valence-electron chi connectivity index (χ2n) is 3.50. The Morgan fingerprint density at radius 3 is 2.65 bits per heavy atom. The number of nitrogens with one attached hydrogen (secondary N) is 1. The smallest absolute Gasteiger partial charge is 0.251 e. The highest BCUT2D eigenvalue weighted by Gasteiger charge is 2.05. The van der Waals surface area contributed by atoms with E-state index >= 15 is 0 Å². The van der Waals surface area contributed by atoms with Crippen molar-refractivity contribution in [2.45, 2.75) is 12.1 Å². The van der Waals surface area contributed by atoms with Crippen LogP contribution in [0.4, 0.5) is 0 Å². The maximum atomic E-state index is 11.6. The number of imidazole rings is 1. The predicted molar refractivity (Wildman–Crippen MR) is 68.8 cm³/mol.